The maximum Gasteiger partial charge on any atom is 0.283 e. The lowest BCUT2D eigenvalue weighted by Gasteiger charge is -1.95. The third kappa shape index (κ3) is 1.12. The van der Waals surface area contributed by atoms with E-state index in [-0.39, 0.29) is 16.2 Å². The summed E-state index contributed by atoms with van der Waals surface area (Å²) < 4.78 is 26.0. The second-order valence-electron chi connectivity index (χ2n) is 2.78. The second-order valence-corrected chi connectivity index (χ2v) is 4.35. The molecule has 0 saturated heterocycles. The molecule has 2 rings (SSSR count). The molecule has 72 valence electrons. The predicted molar refractivity (Wildman–Crippen MR) is 49.4 cm³/mol. The highest BCUT2D eigenvalue weighted by Crippen LogP contribution is 2.25. The molecule has 0 spiro atoms. The monoisotopic (exact) mass is 210 g/mol. The van der Waals surface area contributed by atoms with Crippen LogP contribution in [0.2, 0.25) is 0 Å². The second kappa shape index (κ2) is 2.65. The van der Waals surface area contributed by atoms with Gasteiger partial charge in [-0.25, -0.2) is 0 Å². The zero-order valence-corrected chi connectivity index (χ0v) is 7.78. The quantitative estimate of drug-likeness (QED) is 0.687. The molecule has 6 heteroatoms. The van der Waals surface area contributed by atoms with Crippen molar-refractivity contribution < 1.29 is 13.2 Å². The molecule has 1 heterocycles. The number of rotatable bonds is 1. The molecule has 1 amide bonds. The van der Waals surface area contributed by atoms with Crippen molar-refractivity contribution in [3.8, 4) is 0 Å². The van der Waals surface area contributed by atoms with E-state index in [1.807, 2.05) is 0 Å². The number of amides is 1. The minimum atomic E-state index is -3.71. The van der Waals surface area contributed by atoms with Crippen LogP contribution in [0.3, 0.4) is 0 Å². The third-order valence-electron chi connectivity index (χ3n) is 1.86. The Bertz CT molecular complexity index is 545. The highest BCUT2D eigenvalue weighted by Gasteiger charge is 2.30. The van der Waals surface area contributed by atoms with E-state index in [9.17, 15) is 13.2 Å². The van der Waals surface area contributed by atoms with Crippen LogP contribution in [0.4, 0.5) is 0 Å². The van der Waals surface area contributed by atoms with E-state index in [1.54, 1.807) is 12.1 Å². The number of benzene rings is 1. The number of carbonyl (C=O) groups is 1. The highest BCUT2D eigenvalue weighted by atomic mass is 32.2. The van der Waals surface area contributed by atoms with Crippen LogP contribution in [-0.4, -0.2) is 20.0 Å². The van der Waals surface area contributed by atoms with E-state index in [0.29, 0.717) is 0 Å². The van der Waals surface area contributed by atoms with E-state index in [2.05, 4.69) is 4.40 Å². The largest absolute Gasteiger partial charge is 0.364 e. The van der Waals surface area contributed by atoms with E-state index < -0.39 is 15.9 Å². The van der Waals surface area contributed by atoms with Gasteiger partial charge in [0, 0.05) is 5.56 Å². The van der Waals surface area contributed by atoms with Crippen molar-refractivity contribution >= 4 is 21.6 Å². The Hall–Kier alpha value is -1.69. The number of primary amides is 1. The first-order valence-electron chi connectivity index (χ1n) is 3.76. The van der Waals surface area contributed by atoms with Crippen molar-refractivity contribution in [3.63, 3.8) is 0 Å². The minimum absolute atomic E-state index is 0.0359. The predicted octanol–water partition coefficient (Wildman–Crippen LogP) is -0.337. The highest BCUT2D eigenvalue weighted by molar-refractivity contribution is 7.90. The van der Waals surface area contributed by atoms with Crippen molar-refractivity contribution in [1.82, 2.24) is 0 Å². The summed E-state index contributed by atoms with van der Waals surface area (Å²) in [6, 6.07) is 6.08. The van der Waals surface area contributed by atoms with Crippen LogP contribution in [0.25, 0.3) is 0 Å². The van der Waals surface area contributed by atoms with Crippen molar-refractivity contribution in [1.29, 1.82) is 0 Å². The van der Waals surface area contributed by atoms with Gasteiger partial charge >= 0.3 is 0 Å². The fourth-order valence-corrected chi connectivity index (χ4v) is 2.50. The summed E-state index contributed by atoms with van der Waals surface area (Å²) >= 11 is 0. The maximum absolute atomic E-state index is 11.4. The van der Waals surface area contributed by atoms with E-state index >= 15 is 0 Å². The van der Waals surface area contributed by atoms with Crippen molar-refractivity contribution in [2.24, 2.45) is 10.1 Å². The number of nitrogens with two attached hydrogens (primary N) is 1. The molecule has 2 N–H and O–H groups in total. The molecule has 0 fully saturated rings. The Morgan fingerprint density at radius 3 is 2.57 bits per heavy atom. The molecule has 1 aromatic rings. The number of nitrogens with zero attached hydrogens (tertiary/aromatic N) is 1. The van der Waals surface area contributed by atoms with Crippen LogP contribution >= 0.6 is 0 Å². The van der Waals surface area contributed by atoms with E-state index in [0.717, 1.165) is 0 Å². The fourth-order valence-electron chi connectivity index (χ4n) is 1.28. The standard InChI is InChI=1S/C8H6N2O3S/c9-8(11)7-5-3-1-2-4-6(5)14(12,13)10-7/h1-4H,(H2,9,11). The van der Waals surface area contributed by atoms with Crippen LogP contribution in [0.1, 0.15) is 5.56 Å². The molecule has 0 aromatic heterocycles. The summed E-state index contributed by atoms with van der Waals surface area (Å²) in [6.45, 7) is 0. The lowest BCUT2D eigenvalue weighted by Crippen LogP contribution is -2.22. The summed E-state index contributed by atoms with van der Waals surface area (Å²) in [4.78, 5) is 10.9. The van der Waals surface area contributed by atoms with Gasteiger partial charge in [0.1, 0.15) is 5.71 Å². The average molecular weight is 210 g/mol. The Morgan fingerprint density at radius 1 is 1.29 bits per heavy atom. The maximum atomic E-state index is 11.4. The molecular weight excluding hydrogens is 204 g/mol. The molecule has 0 aliphatic carbocycles. The summed E-state index contributed by atoms with van der Waals surface area (Å²) in [5.74, 6) is -0.835. The Kier molecular flexibility index (Phi) is 1.68. The lowest BCUT2D eigenvalue weighted by atomic mass is 10.1. The molecule has 0 unspecified atom stereocenters. The fraction of sp³-hybridized carbons (Fsp3) is 0. The van der Waals surface area contributed by atoms with Gasteiger partial charge in [0.25, 0.3) is 15.9 Å². The molecule has 0 saturated carbocycles. The van der Waals surface area contributed by atoms with Gasteiger partial charge in [0.15, 0.2) is 0 Å². The molecule has 5 nitrogen and oxygen atoms in total. The number of carbonyl (C=O) groups excluding carboxylic acids is 1. The van der Waals surface area contributed by atoms with Gasteiger partial charge in [0.2, 0.25) is 0 Å². The van der Waals surface area contributed by atoms with Gasteiger partial charge in [-0.05, 0) is 6.07 Å². The van der Waals surface area contributed by atoms with Crippen molar-refractivity contribution in [2.45, 2.75) is 4.90 Å². The van der Waals surface area contributed by atoms with Crippen LogP contribution in [-0.2, 0) is 14.8 Å². The number of hydrogen-bond donors (Lipinski definition) is 1. The van der Waals surface area contributed by atoms with Gasteiger partial charge < -0.3 is 5.73 Å². The SMILES string of the molecule is NC(=O)C1=NS(=O)(=O)c2ccccc21. The van der Waals surface area contributed by atoms with Gasteiger partial charge in [0.05, 0.1) is 4.90 Å². The zero-order valence-electron chi connectivity index (χ0n) is 6.97. The average Bonchev–Trinajstić information content (AvgIpc) is 2.40. The van der Waals surface area contributed by atoms with Crippen LogP contribution in [0, 0.1) is 0 Å². The molecule has 0 atom stereocenters. The Morgan fingerprint density at radius 2 is 1.93 bits per heavy atom. The summed E-state index contributed by atoms with van der Waals surface area (Å²) in [5, 5.41) is 0. The number of fused-ring (bicyclic) bond motifs is 1. The minimum Gasteiger partial charge on any atom is -0.364 e. The van der Waals surface area contributed by atoms with E-state index in [4.69, 9.17) is 5.73 Å². The summed E-state index contributed by atoms with van der Waals surface area (Å²) in [6.07, 6.45) is 0. The van der Waals surface area contributed by atoms with Gasteiger partial charge in [-0.1, -0.05) is 18.2 Å². The van der Waals surface area contributed by atoms with Crippen LogP contribution in [0.5, 0.6) is 0 Å². The molecule has 0 radical (unpaired) electrons. The molecule has 0 bridgehead atoms. The molecule has 1 aliphatic heterocycles. The molecule has 1 aromatic carbocycles. The molecule has 1 aliphatic rings. The molecular formula is C8H6N2O3S. The van der Waals surface area contributed by atoms with Gasteiger partial charge in [-0.3, -0.25) is 4.79 Å². The van der Waals surface area contributed by atoms with Crippen LogP contribution in [0.15, 0.2) is 33.6 Å². The molecule has 14 heavy (non-hydrogen) atoms. The topological polar surface area (TPSA) is 89.6 Å². The normalized spacial score (nSPS) is 17.3. The first-order chi connectivity index (χ1) is 6.52. The number of hydrogen-bond acceptors (Lipinski definition) is 3. The first-order valence-corrected chi connectivity index (χ1v) is 5.20. The summed E-state index contributed by atoms with van der Waals surface area (Å²) in [5.41, 5.74) is 5.08. The van der Waals surface area contributed by atoms with Crippen molar-refractivity contribution in [2.75, 3.05) is 0 Å². The van der Waals surface area contributed by atoms with E-state index in [1.165, 1.54) is 12.1 Å². The number of sulfonamides is 1. The summed E-state index contributed by atoms with van der Waals surface area (Å²) in [7, 11) is -3.71. The Labute approximate surface area is 80.3 Å². The zero-order chi connectivity index (χ0) is 10.3. The Balaban J connectivity index is 2.79. The van der Waals surface area contributed by atoms with Crippen molar-refractivity contribution in [3.05, 3.63) is 29.8 Å². The lowest BCUT2D eigenvalue weighted by molar-refractivity contribution is -0.111. The van der Waals surface area contributed by atoms with Crippen LogP contribution < -0.4 is 5.73 Å². The first kappa shape index (κ1) is 8.89. The third-order valence-corrected chi connectivity index (χ3v) is 3.20. The van der Waals surface area contributed by atoms with Gasteiger partial charge in [-0.2, -0.15) is 12.8 Å². The smallest absolute Gasteiger partial charge is 0.283 e. The van der Waals surface area contributed by atoms with Gasteiger partial charge in [-0.15, -0.1) is 0 Å².